The first-order valence-electron chi connectivity index (χ1n) is 8.44. The number of nitrogens with zero attached hydrogens (tertiary/aromatic N) is 2. The minimum absolute atomic E-state index is 0.121. The lowest BCUT2D eigenvalue weighted by atomic mass is 10.0. The Balaban J connectivity index is 2.47. The van der Waals surface area contributed by atoms with Crippen molar-refractivity contribution in [1.82, 2.24) is 15.1 Å². The van der Waals surface area contributed by atoms with Crippen LogP contribution in [0.15, 0.2) is 0 Å². The van der Waals surface area contributed by atoms with Gasteiger partial charge in [0.2, 0.25) is 0 Å². The molecule has 0 aromatic heterocycles. The summed E-state index contributed by atoms with van der Waals surface area (Å²) in [7, 11) is 2.13. The highest BCUT2D eigenvalue weighted by Crippen LogP contribution is 2.15. The van der Waals surface area contributed by atoms with E-state index in [1.807, 2.05) is 6.92 Å². The number of ether oxygens (including phenoxy) is 1. The molecule has 124 valence electrons. The number of likely N-dealkylation sites (N-methyl/N-ethyl adjacent to an activating group) is 1. The van der Waals surface area contributed by atoms with Crippen LogP contribution in [0, 0.1) is 0 Å². The van der Waals surface area contributed by atoms with E-state index in [1.165, 1.54) is 12.8 Å². The maximum absolute atomic E-state index is 12.0. The van der Waals surface area contributed by atoms with E-state index < -0.39 is 0 Å². The smallest absolute Gasteiger partial charge is 0.324 e. The van der Waals surface area contributed by atoms with E-state index in [0.29, 0.717) is 12.6 Å². The van der Waals surface area contributed by atoms with Gasteiger partial charge in [0.1, 0.15) is 6.04 Å². The number of carbonyl (C=O) groups is 1. The van der Waals surface area contributed by atoms with E-state index in [4.69, 9.17) is 4.74 Å². The average molecular weight is 299 g/mol. The topological polar surface area (TPSA) is 44.8 Å². The fraction of sp³-hybridized carbons (Fsp3) is 0.938. The van der Waals surface area contributed by atoms with Crippen molar-refractivity contribution in [2.75, 3.05) is 46.4 Å². The van der Waals surface area contributed by atoms with E-state index in [9.17, 15) is 4.79 Å². The highest BCUT2D eigenvalue weighted by Gasteiger charge is 2.26. The highest BCUT2D eigenvalue weighted by molar-refractivity contribution is 5.76. The largest absolute Gasteiger partial charge is 0.465 e. The number of hydrogen-bond acceptors (Lipinski definition) is 5. The predicted molar refractivity (Wildman–Crippen MR) is 86.5 cm³/mol. The lowest BCUT2D eigenvalue weighted by Gasteiger charge is -2.37. The molecule has 1 fully saturated rings. The Labute approximate surface area is 130 Å². The number of piperidine rings is 1. The first kappa shape index (κ1) is 18.4. The van der Waals surface area contributed by atoms with Gasteiger partial charge in [0, 0.05) is 12.6 Å². The number of esters is 1. The first-order valence-corrected chi connectivity index (χ1v) is 8.44. The van der Waals surface area contributed by atoms with Gasteiger partial charge in [0.15, 0.2) is 0 Å². The standard InChI is InChI=1S/C16H33N3O2/c1-5-10-17-15(16(20)21-7-3)13-18(4)14-8-11-19(6-2)12-9-14/h14-15,17H,5-13H2,1-4H3. The van der Waals surface area contributed by atoms with Crippen molar-refractivity contribution in [3.63, 3.8) is 0 Å². The molecule has 1 atom stereocenters. The van der Waals surface area contributed by atoms with Crippen molar-refractivity contribution in [3.8, 4) is 0 Å². The summed E-state index contributed by atoms with van der Waals surface area (Å²) in [5.74, 6) is -0.121. The molecule has 0 bridgehead atoms. The van der Waals surface area contributed by atoms with Gasteiger partial charge in [-0.2, -0.15) is 0 Å². The molecule has 1 saturated heterocycles. The molecule has 0 saturated carbocycles. The average Bonchev–Trinajstić information content (AvgIpc) is 2.51. The van der Waals surface area contributed by atoms with Crippen LogP contribution in [0.25, 0.3) is 0 Å². The SMILES string of the molecule is CCCNC(CN(C)C1CCN(CC)CC1)C(=O)OCC. The second-order valence-electron chi connectivity index (χ2n) is 5.86. The maximum atomic E-state index is 12.0. The number of hydrogen-bond donors (Lipinski definition) is 1. The molecule has 5 heteroatoms. The van der Waals surface area contributed by atoms with Crippen molar-refractivity contribution in [2.45, 2.75) is 52.1 Å². The van der Waals surface area contributed by atoms with Gasteiger partial charge < -0.3 is 19.9 Å². The number of likely N-dealkylation sites (tertiary alicyclic amines) is 1. The van der Waals surface area contributed by atoms with Crippen LogP contribution in [-0.2, 0) is 9.53 Å². The third kappa shape index (κ3) is 6.32. The molecule has 5 nitrogen and oxygen atoms in total. The quantitative estimate of drug-likeness (QED) is 0.651. The molecule has 1 unspecified atom stereocenters. The van der Waals surface area contributed by atoms with Gasteiger partial charge in [-0.3, -0.25) is 4.79 Å². The van der Waals surface area contributed by atoms with Crippen LogP contribution in [-0.4, -0.2) is 74.2 Å². The Morgan fingerprint density at radius 1 is 1.33 bits per heavy atom. The molecule has 0 radical (unpaired) electrons. The maximum Gasteiger partial charge on any atom is 0.324 e. The Hall–Kier alpha value is -0.650. The summed E-state index contributed by atoms with van der Waals surface area (Å²) in [5, 5.41) is 3.32. The number of carbonyl (C=O) groups excluding carboxylic acids is 1. The molecular formula is C16H33N3O2. The van der Waals surface area contributed by atoms with Gasteiger partial charge in [-0.05, 0) is 59.4 Å². The molecule has 1 aliphatic heterocycles. The zero-order valence-electron chi connectivity index (χ0n) is 14.2. The summed E-state index contributed by atoms with van der Waals surface area (Å²) in [6, 6.07) is 0.368. The number of nitrogens with one attached hydrogen (secondary N) is 1. The van der Waals surface area contributed by atoms with E-state index in [1.54, 1.807) is 0 Å². The molecule has 0 amide bonds. The van der Waals surface area contributed by atoms with Crippen molar-refractivity contribution < 1.29 is 9.53 Å². The van der Waals surface area contributed by atoms with Crippen molar-refractivity contribution in [2.24, 2.45) is 0 Å². The van der Waals surface area contributed by atoms with Gasteiger partial charge >= 0.3 is 5.97 Å². The summed E-state index contributed by atoms with van der Waals surface area (Å²) < 4.78 is 5.19. The molecule has 0 aromatic rings. The minimum atomic E-state index is -0.209. The monoisotopic (exact) mass is 299 g/mol. The van der Waals surface area contributed by atoms with E-state index in [0.717, 1.165) is 39.1 Å². The molecule has 0 spiro atoms. The Kier molecular flexibility index (Phi) is 8.88. The Bertz CT molecular complexity index is 291. The molecular weight excluding hydrogens is 266 g/mol. The van der Waals surface area contributed by atoms with Gasteiger partial charge in [-0.1, -0.05) is 13.8 Å². The summed E-state index contributed by atoms with van der Waals surface area (Å²) >= 11 is 0. The van der Waals surface area contributed by atoms with Crippen LogP contribution >= 0.6 is 0 Å². The predicted octanol–water partition coefficient (Wildman–Crippen LogP) is 1.33. The van der Waals surface area contributed by atoms with Crippen molar-refractivity contribution >= 4 is 5.97 Å². The Morgan fingerprint density at radius 2 is 2.00 bits per heavy atom. The zero-order chi connectivity index (χ0) is 15.7. The third-order valence-electron chi connectivity index (χ3n) is 4.31. The fourth-order valence-corrected chi connectivity index (χ4v) is 2.90. The zero-order valence-corrected chi connectivity index (χ0v) is 14.2. The third-order valence-corrected chi connectivity index (χ3v) is 4.31. The van der Waals surface area contributed by atoms with Crippen LogP contribution in [0.5, 0.6) is 0 Å². The summed E-state index contributed by atoms with van der Waals surface area (Å²) in [4.78, 5) is 16.9. The molecule has 0 aromatic carbocycles. The van der Waals surface area contributed by atoms with Gasteiger partial charge in [-0.25, -0.2) is 0 Å². The minimum Gasteiger partial charge on any atom is -0.465 e. The van der Waals surface area contributed by atoms with Crippen LogP contribution in [0.3, 0.4) is 0 Å². The molecule has 0 aliphatic carbocycles. The second kappa shape index (κ2) is 10.1. The summed E-state index contributed by atoms with van der Waals surface area (Å²) in [6.07, 6.45) is 3.40. The van der Waals surface area contributed by atoms with Crippen molar-refractivity contribution in [1.29, 1.82) is 0 Å². The molecule has 1 rings (SSSR count). The molecule has 21 heavy (non-hydrogen) atoms. The van der Waals surface area contributed by atoms with Crippen LogP contribution in [0.1, 0.15) is 40.0 Å². The lowest BCUT2D eigenvalue weighted by Crippen LogP contribution is -2.51. The molecule has 1 heterocycles. The van der Waals surface area contributed by atoms with Gasteiger partial charge in [-0.15, -0.1) is 0 Å². The highest BCUT2D eigenvalue weighted by atomic mass is 16.5. The summed E-state index contributed by atoms with van der Waals surface area (Å²) in [5.41, 5.74) is 0. The van der Waals surface area contributed by atoms with Crippen LogP contribution < -0.4 is 5.32 Å². The van der Waals surface area contributed by atoms with Gasteiger partial charge in [0.25, 0.3) is 0 Å². The van der Waals surface area contributed by atoms with E-state index >= 15 is 0 Å². The summed E-state index contributed by atoms with van der Waals surface area (Å²) in [6.45, 7) is 11.7. The van der Waals surface area contributed by atoms with E-state index in [2.05, 4.69) is 36.0 Å². The first-order chi connectivity index (χ1) is 10.1. The normalized spacial score (nSPS) is 18.9. The van der Waals surface area contributed by atoms with Crippen LogP contribution in [0.4, 0.5) is 0 Å². The molecule has 1 N–H and O–H groups in total. The number of rotatable bonds is 9. The second-order valence-corrected chi connectivity index (χ2v) is 5.86. The van der Waals surface area contributed by atoms with Crippen molar-refractivity contribution in [3.05, 3.63) is 0 Å². The van der Waals surface area contributed by atoms with Gasteiger partial charge in [0.05, 0.1) is 6.61 Å². The fourth-order valence-electron chi connectivity index (χ4n) is 2.90. The van der Waals surface area contributed by atoms with Crippen LogP contribution in [0.2, 0.25) is 0 Å². The molecule has 1 aliphatic rings. The Morgan fingerprint density at radius 3 is 2.52 bits per heavy atom. The van der Waals surface area contributed by atoms with E-state index in [-0.39, 0.29) is 12.0 Å². The lowest BCUT2D eigenvalue weighted by molar-refractivity contribution is -0.146.